The molecule has 138 valence electrons. The van der Waals surface area contributed by atoms with E-state index in [4.69, 9.17) is 16.6 Å². The van der Waals surface area contributed by atoms with Gasteiger partial charge in [-0.1, -0.05) is 18.0 Å². The van der Waals surface area contributed by atoms with Gasteiger partial charge in [-0.3, -0.25) is 4.79 Å². The molecule has 2 aromatic rings. The third kappa shape index (κ3) is 3.94. The van der Waals surface area contributed by atoms with Gasteiger partial charge in [0.1, 0.15) is 5.82 Å². The Balaban J connectivity index is 1.37. The summed E-state index contributed by atoms with van der Waals surface area (Å²) in [5.41, 5.74) is 3.16. The molecule has 1 N–H and O–H groups in total. The number of hydrogen-bond acceptors (Lipinski definition) is 3. The van der Waals surface area contributed by atoms with E-state index in [0.29, 0.717) is 13.0 Å². The highest BCUT2D eigenvalue weighted by Crippen LogP contribution is 2.24. The van der Waals surface area contributed by atoms with Crippen LogP contribution in [0.3, 0.4) is 0 Å². The first kappa shape index (κ1) is 17.6. The molecule has 0 spiro atoms. The number of aromatic amines is 1. The van der Waals surface area contributed by atoms with Crippen LogP contribution in [0.4, 0.5) is 0 Å². The molecule has 0 unspecified atom stereocenters. The number of nitrogens with zero attached hydrogens (tertiary/aromatic N) is 3. The lowest BCUT2D eigenvalue weighted by Crippen LogP contribution is -2.39. The van der Waals surface area contributed by atoms with Gasteiger partial charge >= 0.3 is 0 Å². The molecule has 6 heteroatoms. The van der Waals surface area contributed by atoms with Crippen molar-refractivity contribution in [1.82, 2.24) is 19.8 Å². The molecule has 2 aliphatic rings. The van der Waals surface area contributed by atoms with E-state index >= 15 is 0 Å². The summed E-state index contributed by atoms with van der Waals surface area (Å²) in [6.07, 6.45) is 5.29. The number of piperidine rings is 1. The lowest BCUT2D eigenvalue weighted by atomic mass is 10.1. The first-order chi connectivity index (χ1) is 12.7. The maximum atomic E-state index is 12.6. The number of nitrogens with one attached hydrogen (secondary N) is 1. The SMILES string of the molecule is O=C(CCN1CCCCC1)N1CCc2nc(-c3ccc(Cl)cc3)[nH]c2C1. The first-order valence-corrected chi connectivity index (χ1v) is 9.91. The van der Waals surface area contributed by atoms with Crippen molar-refractivity contribution in [2.75, 3.05) is 26.2 Å². The van der Waals surface area contributed by atoms with Crippen LogP contribution in [0.15, 0.2) is 24.3 Å². The Hall–Kier alpha value is -1.85. The summed E-state index contributed by atoms with van der Waals surface area (Å²) >= 11 is 5.96. The van der Waals surface area contributed by atoms with Crippen molar-refractivity contribution in [3.8, 4) is 11.4 Å². The van der Waals surface area contributed by atoms with Gasteiger partial charge < -0.3 is 14.8 Å². The Labute approximate surface area is 159 Å². The number of carbonyl (C=O) groups is 1. The lowest BCUT2D eigenvalue weighted by Gasteiger charge is -2.29. The van der Waals surface area contributed by atoms with E-state index in [1.807, 2.05) is 29.2 Å². The van der Waals surface area contributed by atoms with Crippen LogP contribution in [0.1, 0.15) is 37.1 Å². The number of imidazole rings is 1. The number of likely N-dealkylation sites (tertiary alicyclic amines) is 1. The molecule has 1 saturated heterocycles. The minimum absolute atomic E-state index is 0.254. The smallest absolute Gasteiger partial charge is 0.224 e. The van der Waals surface area contributed by atoms with Gasteiger partial charge in [-0.25, -0.2) is 4.98 Å². The summed E-state index contributed by atoms with van der Waals surface area (Å²) in [6.45, 7) is 4.57. The molecule has 0 atom stereocenters. The van der Waals surface area contributed by atoms with Crippen molar-refractivity contribution in [2.45, 2.75) is 38.6 Å². The molecule has 1 aromatic heterocycles. The lowest BCUT2D eigenvalue weighted by molar-refractivity contribution is -0.132. The highest BCUT2D eigenvalue weighted by Gasteiger charge is 2.24. The van der Waals surface area contributed by atoms with Crippen LogP contribution in [0.5, 0.6) is 0 Å². The summed E-state index contributed by atoms with van der Waals surface area (Å²) in [5.74, 6) is 1.11. The third-order valence-electron chi connectivity index (χ3n) is 5.39. The second kappa shape index (κ2) is 7.80. The van der Waals surface area contributed by atoms with E-state index in [9.17, 15) is 4.79 Å². The molecular formula is C20H25ClN4O. The van der Waals surface area contributed by atoms with Gasteiger partial charge in [0.2, 0.25) is 5.91 Å². The fraction of sp³-hybridized carbons (Fsp3) is 0.500. The molecule has 0 bridgehead atoms. The zero-order valence-electron chi connectivity index (χ0n) is 15.0. The maximum Gasteiger partial charge on any atom is 0.224 e. The molecule has 0 aliphatic carbocycles. The number of aromatic nitrogens is 2. The van der Waals surface area contributed by atoms with Crippen LogP contribution in [0, 0.1) is 0 Å². The van der Waals surface area contributed by atoms with Crippen LogP contribution < -0.4 is 0 Å². The Morgan fingerprint density at radius 2 is 1.88 bits per heavy atom. The minimum Gasteiger partial charge on any atom is -0.340 e. The number of rotatable bonds is 4. The van der Waals surface area contributed by atoms with Crippen molar-refractivity contribution >= 4 is 17.5 Å². The summed E-state index contributed by atoms with van der Waals surface area (Å²) in [4.78, 5) is 25.1. The van der Waals surface area contributed by atoms with Gasteiger partial charge in [0, 0.05) is 36.5 Å². The zero-order valence-corrected chi connectivity index (χ0v) is 15.8. The van der Waals surface area contributed by atoms with E-state index in [1.54, 1.807) is 0 Å². The topological polar surface area (TPSA) is 52.2 Å². The number of fused-ring (bicyclic) bond motifs is 1. The van der Waals surface area contributed by atoms with E-state index in [2.05, 4.69) is 9.88 Å². The van der Waals surface area contributed by atoms with Gasteiger partial charge in [0.15, 0.2) is 0 Å². The highest BCUT2D eigenvalue weighted by molar-refractivity contribution is 6.30. The molecule has 5 nitrogen and oxygen atoms in total. The third-order valence-corrected chi connectivity index (χ3v) is 5.64. The zero-order chi connectivity index (χ0) is 17.9. The number of carbonyl (C=O) groups excluding carboxylic acids is 1. The molecule has 1 amide bonds. The molecular weight excluding hydrogens is 348 g/mol. The van der Waals surface area contributed by atoms with Crippen molar-refractivity contribution in [1.29, 1.82) is 0 Å². The van der Waals surface area contributed by atoms with Gasteiger partial charge in [-0.2, -0.15) is 0 Å². The highest BCUT2D eigenvalue weighted by atomic mass is 35.5. The Bertz CT molecular complexity index is 765. The summed E-state index contributed by atoms with van der Waals surface area (Å²) < 4.78 is 0. The molecule has 4 rings (SSSR count). The molecule has 1 aromatic carbocycles. The standard InChI is InChI=1S/C20H25ClN4O/c21-16-6-4-15(5-7-16)20-22-17-8-13-25(14-18(17)23-20)19(26)9-12-24-10-2-1-3-11-24/h4-7H,1-3,8-14H2,(H,22,23). The summed E-state index contributed by atoms with van der Waals surface area (Å²) in [6, 6.07) is 7.67. The predicted octanol–water partition coefficient (Wildman–Crippen LogP) is 3.49. The molecule has 0 radical (unpaired) electrons. The van der Waals surface area contributed by atoms with Crippen LogP contribution in [-0.4, -0.2) is 51.9 Å². The van der Waals surface area contributed by atoms with E-state index < -0.39 is 0 Å². The van der Waals surface area contributed by atoms with E-state index in [-0.39, 0.29) is 5.91 Å². The first-order valence-electron chi connectivity index (χ1n) is 9.53. The summed E-state index contributed by atoms with van der Waals surface area (Å²) in [7, 11) is 0. The molecule has 26 heavy (non-hydrogen) atoms. The van der Waals surface area contributed by atoms with Gasteiger partial charge in [0.05, 0.1) is 17.9 Å². The minimum atomic E-state index is 0.254. The number of amides is 1. The summed E-state index contributed by atoms with van der Waals surface area (Å²) in [5, 5.41) is 0.718. The second-order valence-electron chi connectivity index (χ2n) is 7.24. The average molecular weight is 373 g/mol. The number of H-pyrrole nitrogens is 1. The quantitative estimate of drug-likeness (QED) is 0.893. The van der Waals surface area contributed by atoms with E-state index in [0.717, 1.165) is 60.4 Å². The van der Waals surface area contributed by atoms with E-state index in [1.165, 1.54) is 19.3 Å². The van der Waals surface area contributed by atoms with Crippen molar-refractivity contribution < 1.29 is 4.79 Å². The average Bonchev–Trinajstić information content (AvgIpc) is 3.10. The van der Waals surface area contributed by atoms with Crippen LogP contribution in [-0.2, 0) is 17.8 Å². The predicted molar refractivity (Wildman–Crippen MR) is 103 cm³/mol. The fourth-order valence-electron chi connectivity index (χ4n) is 3.85. The molecule has 3 heterocycles. The fourth-order valence-corrected chi connectivity index (χ4v) is 3.97. The van der Waals surface area contributed by atoms with Crippen molar-refractivity contribution in [2.24, 2.45) is 0 Å². The van der Waals surface area contributed by atoms with Crippen LogP contribution in [0.2, 0.25) is 5.02 Å². The Morgan fingerprint density at radius 3 is 2.65 bits per heavy atom. The van der Waals surface area contributed by atoms with Crippen molar-refractivity contribution in [3.05, 3.63) is 40.7 Å². The Morgan fingerprint density at radius 1 is 1.12 bits per heavy atom. The largest absolute Gasteiger partial charge is 0.340 e. The molecule has 1 fully saturated rings. The van der Waals surface area contributed by atoms with Gasteiger partial charge in [-0.15, -0.1) is 0 Å². The number of halogens is 1. The van der Waals surface area contributed by atoms with Crippen LogP contribution >= 0.6 is 11.6 Å². The second-order valence-corrected chi connectivity index (χ2v) is 7.67. The monoisotopic (exact) mass is 372 g/mol. The number of hydrogen-bond donors (Lipinski definition) is 1. The molecule has 2 aliphatic heterocycles. The van der Waals surface area contributed by atoms with Gasteiger partial charge in [0.25, 0.3) is 0 Å². The van der Waals surface area contributed by atoms with Gasteiger partial charge in [-0.05, 0) is 50.2 Å². The van der Waals surface area contributed by atoms with Crippen molar-refractivity contribution in [3.63, 3.8) is 0 Å². The maximum absolute atomic E-state index is 12.6. The number of benzene rings is 1. The normalized spacial score (nSPS) is 18.0. The van der Waals surface area contributed by atoms with Crippen LogP contribution in [0.25, 0.3) is 11.4 Å². The molecule has 0 saturated carbocycles. The Kier molecular flexibility index (Phi) is 5.27.